The Morgan fingerprint density at radius 1 is 1.14 bits per heavy atom. The molecule has 0 radical (unpaired) electrons. The molecule has 0 saturated heterocycles. The van der Waals surface area contributed by atoms with Gasteiger partial charge in [-0.15, -0.1) is 0 Å². The molecule has 0 unspecified atom stereocenters. The predicted octanol–water partition coefficient (Wildman–Crippen LogP) is 2.87. The maximum atomic E-state index is 12.6. The SMILES string of the molecule is CCOc1ccc(S(=O)(=O)Nc2cccc(C(=O)Nc3cnn(C)c3)c2)cc1. The highest BCUT2D eigenvalue weighted by molar-refractivity contribution is 7.92. The lowest BCUT2D eigenvalue weighted by atomic mass is 10.2. The lowest BCUT2D eigenvalue weighted by molar-refractivity contribution is 0.102. The van der Waals surface area contributed by atoms with E-state index in [1.165, 1.54) is 24.4 Å². The first-order valence-corrected chi connectivity index (χ1v) is 10.0. The molecular weight excluding hydrogens is 380 g/mol. The fourth-order valence-corrected chi connectivity index (χ4v) is 3.56. The number of ether oxygens (including phenoxy) is 1. The minimum Gasteiger partial charge on any atom is -0.494 e. The van der Waals surface area contributed by atoms with Gasteiger partial charge in [0.25, 0.3) is 15.9 Å². The highest BCUT2D eigenvalue weighted by Crippen LogP contribution is 2.20. The molecule has 0 spiro atoms. The average Bonchev–Trinajstić information content (AvgIpc) is 3.07. The second-order valence-corrected chi connectivity index (χ2v) is 7.63. The topological polar surface area (TPSA) is 102 Å². The summed E-state index contributed by atoms with van der Waals surface area (Å²) in [6.45, 7) is 2.35. The monoisotopic (exact) mass is 400 g/mol. The third-order valence-electron chi connectivity index (χ3n) is 3.78. The van der Waals surface area contributed by atoms with Crippen LogP contribution in [0.2, 0.25) is 0 Å². The Bertz CT molecular complexity index is 1080. The van der Waals surface area contributed by atoms with Crippen molar-refractivity contribution < 1.29 is 17.9 Å². The summed E-state index contributed by atoms with van der Waals surface area (Å²) in [5, 5.41) is 6.69. The molecule has 146 valence electrons. The van der Waals surface area contributed by atoms with Crippen molar-refractivity contribution in [3.05, 3.63) is 66.5 Å². The van der Waals surface area contributed by atoms with Crippen LogP contribution < -0.4 is 14.8 Å². The molecule has 2 N–H and O–H groups in total. The molecule has 3 aromatic rings. The number of carbonyl (C=O) groups excluding carboxylic acids is 1. The Labute approximate surface area is 163 Å². The van der Waals surface area contributed by atoms with E-state index in [2.05, 4.69) is 15.1 Å². The van der Waals surface area contributed by atoms with E-state index in [0.29, 0.717) is 23.6 Å². The fourth-order valence-electron chi connectivity index (χ4n) is 2.51. The van der Waals surface area contributed by atoms with Crippen molar-refractivity contribution in [1.82, 2.24) is 9.78 Å². The zero-order valence-corrected chi connectivity index (χ0v) is 16.2. The van der Waals surface area contributed by atoms with Crippen molar-refractivity contribution in [3.8, 4) is 5.75 Å². The van der Waals surface area contributed by atoms with Crippen molar-refractivity contribution in [1.29, 1.82) is 0 Å². The third-order valence-corrected chi connectivity index (χ3v) is 5.18. The van der Waals surface area contributed by atoms with E-state index in [4.69, 9.17) is 4.74 Å². The van der Waals surface area contributed by atoms with Crippen LogP contribution in [0.25, 0.3) is 0 Å². The van der Waals surface area contributed by atoms with E-state index in [9.17, 15) is 13.2 Å². The van der Waals surface area contributed by atoms with Crippen LogP contribution in [0, 0.1) is 0 Å². The number of benzene rings is 2. The number of sulfonamides is 1. The van der Waals surface area contributed by atoms with Gasteiger partial charge in [-0.1, -0.05) is 6.07 Å². The third kappa shape index (κ3) is 4.68. The lowest BCUT2D eigenvalue weighted by Crippen LogP contribution is -2.15. The van der Waals surface area contributed by atoms with Gasteiger partial charge in [-0.2, -0.15) is 5.10 Å². The standard InChI is InChI=1S/C19H20N4O4S/c1-3-27-17-7-9-18(10-8-17)28(25,26)22-15-6-4-5-14(11-15)19(24)21-16-12-20-23(2)13-16/h4-13,22H,3H2,1-2H3,(H,21,24). The van der Waals surface area contributed by atoms with Crippen LogP contribution in [0.1, 0.15) is 17.3 Å². The maximum absolute atomic E-state index is 12.6. The van der Waals surface area contributed by atoms with Gasteiger partial charge in [0.2, 0.25) is 0 Å². The summed E-state index contributed by atoms with van der Waals surface area (Å²) in [4.78, 5) is 12.5. The summed E-state index contributed by atoms with van der Waals surface area (Å²) in [5.74, 6) is 0.227. The second kappa shape index (κ2) is 8.13. The Balaban J connectivity index is 1.75. The molecule has 0 fully saturated rings. The Morgan fingerprint density at radius 2 is 1.89 bits per heavy atom. The number of anilines is 2. The first-order valence-electron chi connectivity index (χ1n) is 8.53. The molecule has 28 heavy (non-hydrogen) atoms. The van der Waals surface area contributed by atoms with Crippen LogP contribution in [-0.4, -0.2) is 30.7 Å². The largest absolute Gasteiger partial charge is 0.494 e. The number of hydrogen-bond acceptors (Lipinski definition) is 5. The maximum Gasteiger partial charge on any atom is 0.261 e. The summed E-state index contributed by atoms with van der Waals surface area (Å²) >= 11 is 0. The number of nitrogens with zero attached hydrogens (tertiary/aromatic N) is 2. The van der Waals surface area contributed by atoms with Gasteiger partial charge in [-0.05, 0) is 49.4 Å². The molecule has 0 atom stereocenters. The molecule has 8 nitrogen and oxygen atoms in total. The van der Waals surface area contributed by atoms with Crippen molar-refractivity contribution in [2.24, 2.45) is 7.05 Å². The van der Waals surface area contributed by atoms with E-state index in [0.717, 1.165) is 0 Å². The number of aromatic nitrogens is 2. The van der Waals surface area contributed by atoms with Gasteiger partial charge in [-0.3, -0.25) is 14.2 Å². The van der Waals surface area contributed by atoms with Crippen molar-refractivity contribution in [3.63, 3.8) is 0 Å². The first kappa shape index (κ1) is 19.4. The Kier molecular flexibility index (Phi) is 5.65. The molecule has 0 saturated carbocycles. The van der Waals surface area contributed by atoms with Crippen LogP contribution in [0.15, 0.2) is 65.8 Å². The molecule has 1 heterocycles. The number of hydrogen-bond donors (Lipinski definition) is 2. The van der Waals surface area contributed by atoms with E-state index < -0.39 is 10.0 Å². The molecule has 0 aliphatic carbocycles. The highest BCUT2D eigenvalue weighted by Gasteiger charge is 2.15. The fraction of sp³-hybridized carbons (Fsp3) is 0.158. The molecule has 0 aliphatic heterocycles. The number of carbonyl (C=O) groups is 1. The van der Waals surface area contributed by atoms with Crippen LogP contribution in [-0.2, 0) is 17.1 Å². The van der Waals surface area contributed by atoms with Crippen molar-refractivity contribution in [2.75, 3.05) is 16.6 Å². The molecule has 1 aromatic heterocycles. The first-order chi connectivity index (χ1) is 13.4. The number of nitrogens with one attached hydrogen (secondary N) is 2. The molecule has 1 amide bonds. The summed E-state index contributed by atoms with van der Waals surface area (Å²) in [5.41, 5.74) is 1.15. The normalized spacial score (nSPS) is 11.1. The molecule has 3 rings (SSSR count). The van der Waals surface area contributed by atoms with Gasteiger partial charge in [-0.25, -0.2) is 8.42 Å². The van der Waals surface area contributed by atoms with Crippen LogP contribution in [0.4, 0.5) is 11.4 Å². The van der Waals surface area contributed by atoms with Gasteiger partial charge in [0.15, 0.2) is 0 Å². The Morgan fingerprint density at radius 3 is 2.54 bits per heavy atom. The molecular formula is C19H20N4O4S. The van der Waals surface area contributed by atoms with E-state index in [1.54, 1.807) is 48.3 Å². The van der Waals surface area contributed by atoms with E-state index in [-0.39, 0.29) is 16.5 Å². The molecule has 9 heteroatoms. The minimum atomic E-state index is -3.79. The number of rotatable bonds is 7. The van der Waals surface area contributed by atoms with Crippen molar-refractivity contribution in [2.45, 2.75) is 11.8 Å². The molecule has 0 bridgehead atoms. The van der Waals surface area contributed by atoms with Gasteiger partial charge >= 0.3 is 0 Å². The van der Waals surface area contributed by atoms with Gasteiger partial charge < -0.3 is 10.1 Å². The highest BCUT2D eigenvalue weighted by atomic mass is 32.2. The second-order valence-electron chi connectivity index (χ2n) is 5.95. The molecule has 0 aliphatic rings. The minimum absolute atomic E-state index is 0.0983. The zero-order chi connectivity index (χ0) is 20.1. The Hall–Kier alpha value is -3.33. The zero-order valence-electron chi connectivity index (χ0n) is 15.4. The van der Waals surface area contributed by atoms with E-state index in [1.807, 2.05) is 6.92 Å². The van der Waals surface area contributed by atoms with Crippen LogP contribution in [0.3, 0.4) is 0 Å². The smallest absolute Gasteiger partial charge is 0.261 e. The summed E-state index contributed by atoms with van der Waals surface area (Å²) in [7, 11) is -2.05. The van der Waals surface area contributed by atoms with Crippen LogP contribution >= 0.6 is 0 Å². The quantitative estimate of drug-likeness (QED) is 0.635. The van der Waals surface area contributed by atoms with Gasteiger partial charge in [0.05, 0.1) is 23.4 Å². The van der Waals surface area contributed by atoms with Crippen LogP contribution in [0.5, 0.6) is 5.75 Å². The number of aryl methyl sites for hydroxylation is 1. The lowest BCUT2D eigenvalue weighted by Gasteiger charge is -2.10. The van der Waals surface area contributed by atoms with E-state index >= 15 is 0 Å². The predicted molar refractivity (Wildman–Crippen MR) is 106 cm³/mol. The average molecular weight is 400 g/mol. The molecule has 2 aromatic carbocycles. The summed E-state index contributed by atoms with van der Waals surface area (Å²) in [6.07, 6.45) is 3.19. The number of amides is 1. The summed E-state index contributed by atoms with van der Waals surface area (Å²) in [6, 6.07) is 12.4. The summed E-state index contributed by atoms with van der Waals surface area (Å²) < 4.78 is 34.5. The van der Waals surface area contributed by atoms with Crippen molar-refractivity contribution >= 4 is 27.3 Å². The van der Waals surface area contributed by atoms with Gasteiger partial charge in [0, 0.05) is 24.5 Å². The van der Waals surface area contributed by atoms with Gasteiger partial charge in [0.1, 0.15) is 5.75 Å².